The van der Waals surface area contributed by atoms with E-state index in [4.69, 9.17) is 0 Å². The summed E-state index contributed by atoms with van der Waals surface area (Å²) >= 11 is 0. The number of hydrogen-bond donors (Lipinski definition) is 2. The first-order valence-corrected chi connectivity index (χ1v) is 6.82. The standard InChI is InChI=1S/C16H19N3O/c1-3-12-5-7-13(8-6-12)19-16(20)14-9-10-17-11-15(14)18-4-2/h5-11,18H,3-4H2,1-2H3,(H,19,20). The molecule has 0 atom stereocenters. The molecule has 2 aromatic rings. The first-order valence-electron chi connectivity index (χ1n) is 6.82. The monoisotopic (exact) mass is 269 g/mol. The maximum atomic E-state index is 12.3. The van der Waals surface area contributed by atoms with Gasteiger partial charge in [-0.25, -0.2) is 0 Å². The molecule has 0 aliphatic heterocycles. The number of amides is 1. The van der Waals surface area contributed by atoms with Gasteiger partial charge in [-0.05, 0) is 37.1 Å². The number of carbonyl (C=O) groups is 1. The van der Waals surface area contributed by atoms with Crippen LogP contribution in [0, 0.1) is 0 Å². The second-order valence-electron chi connectivity index (χ2n) is 4.46. The van der Waals surface area contributed by atoms with Gasteiger partial charge in [0.05, 0.1) is 17.4 Å². The molecular weight excluding hydrogens is 250 g/mol. The van der Waals surface area contributed by atoms with E-state index >= 15 is 0 Å². The molecule has 0 unspecified atom stereocenters. The molecule has 2 N–H and O–H groups in total. The molecule has 0 aliphatic rings. The molecule has 20 heavy (non-hydrogen) atoms. The van der Waals surface area contributed by atoms with Gasteiger partial charge in [-0.15, -0.1) is 0 Å². The van der Waals surface area contributed by atoms with E-state index < -0.39 is 0 Å². The Morgan fingerprint density at radius 3 is 2.55 bits per heavy atom. The van der Waals surface area contributed by atoms with Gasteiger partial charge in [0.15, 0.2) is 0 Å². The van der Waals surface area contributed by atoms with Gasteiger partial charge in [0.25, 0.3) is 5.91 Å². The number of nitrogens with one attached hydrogen (secondary N) is 2. The van der Waals surface area contributed by atoms with Crippen LogP contribution < -0.4 is 10.6 Å². The van der Waals surface area contributed by atoms with Gasteiger partial charge >= 0.3 is 0 Å². The largest absolute Gasteiger partial charge is 0.383 e. The van der Waals surface area contributed by atoms with E-state index in [0.29, 0.717) is 5.56 Å². The van der Waals surface area contributed by atoms with Crippen LogP contribution in [0.5, 0.6) is 0 Å². The van der Waals surface area contributed by atoms with E-state index in [0.717, 1.165) is 24.3 Å². The van der Waals surface area contributed by atoms with Crippen molar-refractivity contribution < 1.29 is 4.79 Å². The van der Waals surface area contributed by atoms with Gasteiger partial charge in [-0.1, -0.05) is 19.1 Å². The molecule has 0 saturated carbocycles. The average Bonchev–Trinajstić information content (AvgIpc) is 2.49. The molecule has 0 bridgehead atoms. The quantitative estimate of drug-likeness (QED) is 0.875. The van der Waals surface area contributed by atoms with Crippen LogP contribution in [0.4, 0.5) is 11.4 Å². The predicted octanol–water partition coefficient (Wildman–Crippen LogP) is 3.33. The van der Waals surface area contributed by atoms with Crippen molar-refractivity contribution in [2.24, 2.45) is 0 Å². The zero-order valence-corrected chi connectivity index (χ0v) is 11.8. The van der Waals surface area contributed by atoms with Gasteiger partial charge in [0.1, 0.15) is 0 Å². The van der Waals surface area contributed by atoms with Crippen molar-refractivity contribution >= 4 is 17.3 Å². The topological polar surface area (TPSA) is 54.0 Å². The van der Waals surface area contributed by atoms with E-state index in [1.54, 1.807) is 18.5 Å². The Hall–Kier alpha value is -2.36. The highest BCUT2D eigenvalue weighted by molar-refractivity contribution is 6.07. The number of carbonyl (C=O) groups excluding carboxylic acids is 1. The number of nitrogens with zero attached hydrogens (tertiary/aromatic N) is 1. The fraction of sp³-hybridized carbons (Fsp3) is 0.250. The number of pyridine rings is 1. The molecule has 0 spiro atoms. The molecule has 0 radical (unpaired) electrons. The van der Waals surface area contributed by atoms with Crippen molar-refractivity contribution in [3.05, 3.63) is 53.9 Å². The van der Waals surface area contributed by atoms with Gasteiger partial charge in [0, 0.05) is 18.4 Å². The van der Waals surface area contributed by atoms with E-state index in [-0.39, 0.29) is 5.91 Å². The van der Waals surface area contributed by atoms with Gasteiger partial charge in [0.2, 0.25) is 0 Å². The van der Waals surface area contributed by atoms with Crippen LogP contribution in [0.3, 0.4) is 0 Å². The number of aromatic nitrogens is 1. The Morgan fingerprint density at radius 2 is 1.90 bits per heavy atom. The first kappa shape index (κ1) is 14.1. The van der Waals surface area contributed by atoms with Crippen LogP contribution in [0.2, 0.25) is 0 Å². The van der Waals surface area contributed by atoms with Crippen LogP contribution >= 0.6 is 0 Å². The highest BCUT2D eigenvalue weighted by Crippen LogP contribution is 2.16. The van der Waals surface area contributed by atoms with Crippen LogP contribution in [0.25, 0.3) is 0 Å². The van der Waals surface area contributed by atoms with Crippen LogP contribution in [0.15, 0.2) is 42.7 Å². The van der Waals surface area contributed by atoms with Crippen molar-refractivity contribution in [3.8, 4) is 0 Å². The van der Waals surface area contributed by atoms with Crippen LogP contribution in [-0.2, 0) is 6.42 Å². The van der Waals surface area contributed by atoms with E-state index in [1.165, 1.54) is 5.56 Å². The van der Waals surface area contributed by atoms with Crippen molar-refractivity contribution in [1.82, 2.24) is 4.98 Å². The molecule has 1 heterocycles. The summed E-state index contributed by atoms with van der Waals surface area (Å²) in [6.07, 6.45) is 4.28. The summed E-state index contributed by atoms with van der Waals surface area (Å²) < 4.78 is 0. The second kappa shape index (κ2) is 6.70. The third-order valence-corrected chi connectivity index (χ3v) is 3.05. The second-order valence-corrected chi connectivity index (χ2v) is 4.46. The third kappa shape index (κ3) is 3.35. The molecule has 2 rings (SSSR count). The normalized spacial score (nSPS) is 10.1. The zero-order chi connectivity index (χ0) is 14.4. The third-order valence-electron chi connectivity index (χ3n) is 3.05. The molecule has 0 aliphatic carbocycles. The summed E-state index contributed by atoms with van der Waals surface area (Å²) in [7, 11) is 0. The fourth-order valence-electron chi connectivity index (χ4n) is 1.95. The summed E-state index contributed by atoms with van der Waals surface area (Å²) in [6.45, 7) is 4.84. The molecule has 1 aromatic carbocycles. The van der Waals surface area contributed by atoms with E-state index in [1.807, 2.05) is 31.2 Å². The Labute approximate surface area is 119 Å². The summed E-state index contributed by atoms with van der Waals surface area (Å²) in [4.78, 5) is 16.3. The molecule has 0 fully saturated rings. The minimum absolute atomic E-state index is 0.132. The lowest BCUT2D eigenvalue weighted by atomic mass is 10.1. The van der Waals surface area contributed by atoms with E-state index in [9.17, 15) is 4.79 Å². The number of rotatable bonds is 5. The Morgan fingerprint density at radius 1 is 1.15 bits per heavy atom. The highest BCUT2D eigenvalue weighted by atomic mass is 16.1. The lowest BCUT2D eigenvalue weighted by molar-refractivity contribution is 0.102. The van der Waals surface area contributed by atoms with Gasteiger partial charge < -0.3 is 10.6 Å². The average molecular weight is 269 g/mol. The molecule has 1 amide bonds. The Balaban J connectivity index is 2.15. The van der Waals surface area contributed by atoms with Crippen LogP contribution in [0.1, 0.15) is 29.8 Å². The molecule has 1 aromatic heterocycles. The summed E-state index contributed by atoms with van der Waals surface area (Å²) in [5.41, 5.74) is 3.39. The molecule has 104 valence electrons. The number of anilines is 2. The Kier molecular flexibility index (Phi) is 4.71. The number of aryl methyl sites for hydroxylation is 1. The Bertz CT molecular complexity index is 579. The maximum absolute atomic E-state index is 12.3. The van der Waals surface area contributed by atoms with Gasteiger partial charge in [-0.3, -0.25) is 9.78 Å². The van der Waals surface area contributed by atoms with Crippen molar-refractivity contribution in [2.45, 2.75) is 20.3 Å². The lowest BCUT2D eigenvalue weighted by Crippen LogP contribution is -2.15. The molecule has 0 saturated heterocycles. The zero-order valence-electron chi connectivity index (χ0n) is 11.8. The summed E-state index contributed by atoms with van der Waals surface area (Å²) in [5.74, 6) is -0.132. The maximum Gasteiger partial charge on any atom is 0.257 e. The lowest BCUT2D eigenvalue weighted by Gasteiger charge is -2.10. The number of benzene rings is 1. The van der Waals surface area contributed by atoms with Crippen molar-refractivity contribution in [3.63, 3.8) is 0 Å². The molecule has 4 nitrogen and oxygen atoms in total. The summed E-state index contributed by atoms with van der Waals surface area (Å²) in [6, 6.07) is 9.60. The van der Waals surface area contributed by atoms with Crippen LogP contribution in [-0.4, -0.2) is 17.4 Å². The number of hydrogen-bond acceptors (Lipinski definition) is 3. The smallest absolute Gasteiger partial charge is 0.257 e. The van der Waals surface area contributed by atoms with Gasteiger partial charge in [-0.2, -0.15) is 0 Å². The SMILES string of the molecule is CCNc1cnccc1C(=O)Nc1ccc(CC)cc1. The fourth-order valence-corrected chi connectivity index (χ4v) is 1.95. The highest BCUT2D eigenvalue weighted by Gasteiger charge is 2.11. The molecular formula is C16H19N3O. The van der Waals surface area contributed by atoms with Crippen molar-refractivity contribution in [1.29, 1.82) is 0 Å². The minimum atomic E-state index is -0.132. The first-order chi connectivity index (χ1) is 9.74. The minimum Gasteiger partial charge on any atom is -0.383 e. The van der Waals surface area contributed by atoms with E-state index in [2.05, 4.69) is 22.5 Å². The summed E-state index contributed by atoms with van der Waals surface area (Å²) in [5, 5.41) is 6.04. The molecule has 4 heteroatoms. The predicted molar refractivity (Wildman–Crippen MR) is 82.2 cm³/mol. The van der Waals surface area contributed by atoms with Crippen molar-refractivity contribution in [2.75, 3.05) is 17.2 Å².